The van der Waals surface area contributed by atoms with Gasteiger partial charge in [-0.2, -0.15) is 4.98 Å². The Bertz CT molecular complexity index is 749. The van der Waals surface area contributed by atoms with E-state index in [1.54, 1.807) is 36.4 Å². The average molecular weight is 321 g/mol. The number of aryl methyl sites for hydroxylation is 1. The second-order valence-electron chi connectivity index (χ2n) is 4.55. The zero-order valence-corrected chi connectivity index (χ0v) is 12.5. The first-order valence-corrected chi connectivity index (χ1v) is 6.89. The maximum atomic E-state index is 9.73. The highest BCUT2D eigenvalue weighted by Crippen LogP contribution is 2.29. The van der Waals surface area contributed by atoms with E-state index in [1.165, 1.54) is 0 Å². The Kier molecular flexibility index (Phi) is 3.57. The van der Waals surface area contributed by atoms with Gasteiger partial charge in [0.25, 0.3) is 5.89 Å². The van der Waals surface area contributed by atoms with Gasteiger partial charge in [-0.15, -0.1) is 0 Å². The van der Waals surface area contributed by atoms with E-state index in [4.69, 9.17) is 27.7 Å². The number of aromatic hydroxyl groups is 1. The van der Waals surface area contributed by atoms with Gasteiger partial charge in [-0.3, -0.25) is 0 Å². The maximum Gasteiger partial charge on any atom is 0.258 e. The molecular formula is C15H10Cl2N2O2. The maximum absolute atomic E-state index is 9.73. The Morgan fingerprint density at radius 1 is 1.00 bits per heavy atom. The van der Waals surface area contributed by atoms with E-state index in [1.807, 2.05) is 6.92 Å². The van der Waals surface area contributed by atoms with Crippen LogP contribution in [0.25, 0.3) is 22.8 Å². The molecule has 0 spiro atoms. The van der Waals surface area contributed by atoms with Crippen molar-refractivity contribution in [3.05, 3.63) is 52.0 Å². The molecule has 3 aromatic rings. The number of phenolic OH excluding ortho intramolecular Hbond substituents is 1. The molecule has 0 amide bonds. The topological polar surface area (TPSA) is 59.2 Å². The number of aromatic nitrogens is 2. The van der Waals surface area contributed by atoms with E-state index in [9.17, 15) is 5.11 Å². The van der Waals surface area contributed by atoms with Gasteiger partial charge in [-0.1, -0.05) is 34.4 Å². The molecule has 0 aliphatic heterocycles. The van der Waals surface area contributed by atoms with Crippen molar-refractivity contribution < 1.29 is 9.63 Å². The number of phenols is 1. The molecule has 106 valence electrons. The normalized spacial score (nSPS) is 10.8. The van der Waals surface area contributed by atoms with Crippen molar-refractivity contribution in [2.45, 2.75) is 6.92 Å². The van der Waals surface area contributed by atoms with Crippen LogP contribution < -0.4 is 0 Å². The van der Waals surface area contributed by atoms with E-state index < -0.39 is 0 Å². The molecule has 1 heterocycles. The molecule has 0 radical (unpaired) electrons. The lowest BCUT2D eigenvalue weighted by Gasteiger charge is -1.99. The van der Waals surface area contributed by atoms with Gasteiger partial charge < -0.3 is 9.63 Å². The molecule has 6 heteroatoms. The third kappa shape index (κ3) is 2.73. The number of halogens is 2. The summed E-state index contributed by atoms with van der Waals surface area (Å²) in [5, 5.41) is 14.5. The lowest BCUT2D eigenvalue weighted by Crippen LogP contribution is -1.83. The largest absolute Gasteiger partial charge is 0.508 e. The molecule has 4 nitrogen and oxygen atoms in total. The third-order valence-electron chi connectivity index (χ3n) is 3.06. The Morgan fingerprint density at radius 2 is 1.76 bits per heavy atom. The summed E-state index contributed by atoms with van der Waals surface area (Å²) in [5.41, 5.74) is 2.13. The molecule has 0 unspecified atom stereocenters. The monoisotopic (exact) mass is 320 g/mol. The van der Waals surface area contributed by atoms with Crippen molar-refractivity contribution in [2.24, 2.45) is 0 Å². The van der Waals surface area contributed by atoms with Gasteiger partial charge in [-0.25, -0.2) is 0 Å². The minimum atomic E-state index is 0.182. The number of hydrogen-bond donors (Lipinski definition) is 1. The van der Waals surface area contributed by atoms with Crippen LogP contribution in [0.15, 0.2) is 40.9 Å². The molecule has 0 bridgehead atoms. The van der Waals surface area contributed by atoms with Crippen LogP contribution in [-0.2, 0) is 0 Å². The summed E-state index contributed by atoms with van der Waals surface area (Å²) >= 11 is 11.9. The zero-order chi connectivity index (χ0) is 15.0. The van der Waals surface area contributed by atoms with Gasteiger partial charge in [0.05, 0.1) is 10.0 Å². The van der Waals surface area contributed by atoms with E-state index >= 15 is 0 Å². The van der Waals surface area contributed by atoms with Crippen LogP contribution in [0.5, 0.6) is 5.75 Å². The van der Waals surface area contributed by atoms with Crippen LogP contribution in [0.3, 0.4) is 0 Å². The van der Waals surface area contributed by atoms with Gasteiger partial charge in [0.2, 0.25) is 5.82 Å². The van der Waals surface area contributed by atoms with Gasteiger partial charge in [0.15, 0.2) is 0 Å². The molecule has 21 heavy (non-hydrogen) atoms. The molecule has 3 rings (SSSR count). The smallest absolute Gasteiger partial charge is 0.258 e. The van der Waals surface area contributed by atoms with Crippen LogP contribution in [0, 0.1) is 6.92 Å². The first kappa shape index (κ1) is 13.9. The van der Waals surface area contributed by atoms with Crippen molar-refractivity contribution in [3.8, 4) is 28.6 Å². The summed E-state index contributed by atoms with van der Waals surface area (Å²) in [6, 6.07) is 10.3. The first-order valence-electron chi connectivity index (χ1n) is 6.14. The Labute approximate surface area is 130 Å². The highest BCUT2D eigenvalue weighted by atomic mass is 35.5. The van der Waals surface area contributed by atoms with E-state index in [0.29, 0.717) is 32.9 Å². The van der Waals surface area contributed by atoms with Gasteiger partial charge in [0.1, 0.15) is 5.75 Å². The molecule has 0 saturated heterocycles. The molecule has 0 aliphatic carbocycles. The second-order valence-corrected chi connectivity index (χ2v) is 5.37. The van der Waals surface area contributed by atoms with E-state index in [-0.39, 0.29) is 5.75 Å². The summed E-state index contributed by atoms with van der Waals surface area (Å²) in [4.78, 5) is 4.30. The minimum absolute atomic E-state index is 0.182. The Balaban J connectivity index is 1.99. The average Bonchev–Trinajstić information content (AvgIpc) is 2.94. The highest BCUT2D eigenvalue weighted by Gasteiger charge is 2.12. The summed E-state index contributed by atoms with van der Waals surface area (Å²) in [5.74, 6) is 0.914. The number of rotatable bonds is 2. The zero-order valence-electron chi connectivity index (χ0n) is 11.0. The molecular weight excluding hydrogens is 311 g/mol. The van der Waals surface area contributed by atoms with Crippen LogP contribution in [0.2, 0.25) is 10.0 Å². The fourth-order valence-electron chi connectivity index (χ4n) is 1.84. The fourth-order valence-corrected chi connectivity index (χ4v) is 2.13. The van der Waals surface area contributed by atoms with Crippen molar-refractivity contribution >= 4 is 23.2 Å². The van der Waals surface area contributed by atoms with Gasteiger partial charge in [0, 0.05) is 11.1 Å². The van der Waals surface area contributed by atoms with Crippen molar-refractivity contribution in [3.63, 3.8) is 0 Å². The van der Waals surface area contributed by atoms with E-state index in [2.05, 4.69) is 10.1 Å². The quantitative estimate of drug-likeness (QED) is 0.741. The van der Waals surface area contributed by atoms with Crippen molar-refractivity contribution in [1.29, 1.82) is 0 Å². The summed E-state index contributed by atoms with van der Waals surface area (Å²) in [6.45, 7) is 1.81. The van der Waals surface area contributed by atoms with Gasteiger partial charge >= 0.3 is 0 Å². The van der Waals surface area contributed by atoms with Crippen LogP contribution in [-0.4, -0.2) is 15.2 Å². The summed E-state index contributed by atoms with van der Waals surface area (Å²) < 4.78 is 5.22. The van der Waals surface area contributed by atoms with E-state index in [0.717, 1.165) is 5.56 Å². The fraction of sp³-hybridized carbons (Fsp3) is 0.0667. The van der Waals surface area contributed by atoms with Crippen molar-refractivity contribution in [1.82, 2.24) is 10.1 Å². The van der Waals surface area contributed by atoms with Crippen LogP contribution in [0.4, 0.5) is 0 Å². The predicted octanol–water partition coefficient (Wildman–Crippen LogP) is 4.72. The summed E-state index contributed by atoms with van der Waals surface area (Å²) in [7, 11) is 0. The lowest BCUT2D eigenvalue weighted by molar-refractivity contribution is 0.431. The highest BCUT2D eigenvalue weighted by molar-refractivity contribution is 6.42. The lowest BCUT2D eigenvalue weighted by atomic mass is 10.1. The SMILES string of the molecule is Cc1ccc(-c2nc(-c3ccc(Cl)c(Cl)c3)no2)cc1O. The number of nitrogens with zero attached hydrogens (tertiary/aromatic N) is 2. The molecule has 0 fully saturated rings. The molecule has 1 N–H and O–H groups in total. The predicted molar refractivity (Wildman–Crippen MR) is 81.6 cm³/mol. The molecule has 1 aromatic heterocycles. The summed E-state index contributed by atoms with van der Waals surface area (Å²) in [6.07, 6.45) is 0. The Morgan fingerprint density at radius 3 is 2.48 bits per heavy atom. The molecule has 0 saturated carbocycles. The number of benzene rings is 2. The third-order valence-corrected chi connectivity index (χ3v) is 3.80. The molecule has 0 aliphatic rings. The Hall–Kier alpha value is -2.04. The number of hydrogen-bond acceptors (Lipinski definition) is 4. The second kappa shape index (κ2) is 5.39. The minimum Gasteiger partial charge on any atom is -0.508 e. The standard InChI is InChI=1S/C15H10Cl2N2O2/c1-8-2-3-10(7-13(8)20)15-18-14(19-21-15)9-4-5-11(16)12(17)6-9/h2-7,20H,1H3. The molecule has 2 aromatic carbocycles. The van der Waals surface area contributed by atoms with Crippen LogP contribution >= 0.6 is 23.2 Å². The van der Waals surface area contributed by atoms with Gasteiger partial charge in [-0.05, 0) is 42.8 Å². The van der Waals surface area contributed by atoms with Crippen LogP contribution in [0.1, 0.15) is 5.56 Å². The first-order chi connectivity index (χ1) is 10.0. The molecule has 0 atom stereocenters. The van der Waals surface area contributed by atoms with Crippen molar-refractivity contribution in [2.75, 3.05) is 0 Å².